The van der Waals surface area contributed by atoms with E-state index >= 15 is 0 Å². The number of rotatable bonds is 4. The zero-order valence-corrected chi connectivity index (χ0v) is 15.2. The van der Waals surface area contributed by atoms with Gasteiger partial charge in [0, 0.05) is 12.2 Å². The summed E-state index contributed by atoms with van der Waals surface area (Å²) in [6.07, 6.45) is 0. The normalized spacial score (nSPS) is 15.7. The summed E-state index contributed by atoms with van der Waals surface area (Å²) in [6.45, 7) is 13.4. The smallest absolute Gasteiger partial charge is 0.195 e. The highest BCUT2D eigenvalue weighted by molar-refractivity contribution is 7.92. The van der Waals surface area contributed by atoms with Crippen LogP contribution in [0.25, 0.3) is 0 Å². The first kappa shape index (κ1) is 17.2. The largest absolute Gasteiger partial charge is 0.399 e. The van der Waals surface area contributed by atoms with Crippen molar-refractivity contribution < 1.29 is 4.21 Å². The Labute approximate surface area is 124 Å². The number of nitrogen functional groups attached to an aromatic ring is 1. The highest BCUT2D eigenvalue weighted by Crippen LogP contribution is 2.38. The van der Waals surface area contributed by atoms with Gasteiger partial charge in [-0.3, -0.25) is 4.03 Å². The van der Waals surface area contributed by atoms with Crippen LogP contribution in [0.1, 0.15) is 27.7 Å². The molecular formula is C14H27N3OSSi. The van der Waals surface area contributed by atoms with E-state index in [1.165, 1.54) is 0 Å². The molecule has 1 rings (SSSR count). The van der Waals surface area contributed by atoms with Gasteiger partial charge in [-0.15, -0.1) is 0 Å². The van der Waals surface area contributed by atoms with Crippen molar-refractivity contribution in [3.05, 3.63) is 24.3 Å². The van der Waals surface area contributed by atoms with Crippen molar-refractivity contribution in [2.24, 2.45) is 4.03 Å². The standard InChI is InChI=1S/C14H27N3OSSi/c1-7-16-19(18,13-10-8-12(15)9-11-13)17-20(5,6)14(2,3)4/h8-11H,7,15H2,1-6H3,(H,16,17,18)/t19-/m0/s1. The van der Waals surface area contributed by atoms with Gasteiger partial charge in [0.15, 0.2) is 8.24 Å². The Hall–Kier alpha value is -0.853. The van der Waals surface area contributed by atoms with Gasteiger partial charge in [0.1, 0.15) is 9.92 Å². The molecule has 0 aliphatic heterocycles. The molecule has 0 aliphatic carbocycles. The van der Waals surface area contributed by atoms with E-state index in [-0.39, 0.29) is 5.04 Å². The minimum Gasteiger partial charge on any atom is -0.399 e. The monoisotopic (exact) mass is 313 g/mol. The second kappa shape index (κ2) is 5.87. The quantitative estimate of drug-likeness (QED) is 0.658. The van der Waals surface area contributed by atoms with E-state index in [0.29, 0.717) is 17.1 Å². The van der Waals surface area contributed by atoms with Crippen LogP contribution in [0.15, 0.2) is 33.2 Å². The predicted octanol–water partition coefficient (Wildman–Crippen LogP) is 3.63. The first-order chi connectivity index (χ1) is 9.02. The van der Waals surface area contributed by atoms with Crippen LogP contribution < -0.4 is 10.5 Å². The second-order valence-electron chi connectivity index (χ2n) is 6.49. The van der Waals surface area contributed by atoms with E-state index in [2.05, 4.69) is 38.6 Å². The third kappa shape index (κ3) is 3.83. The fraction of sp³-hybridized carbons (Fsp3) is 0.571. The molecule has 0 saturated carbocycles. The van der Waals surface area contributed by atoms with Gasteiger partial charge in [-0.25, -0.2) is 8.93 Å². The molecule has 0 heterocycles. The minimum atomic E-state index is -2.59. The molecular weight excluding hydrogens is 286 g/mol. The van der Waals surface area contributed by atoms with E-state index in [1.54, 1.807) is 24.3 Å². The molecule has 4 nitrogen and oxygen atoms in total. The lowest BCUT2D eigenvalue weighted by molar-refractivity contribution is 0.665. The van der Waals surface area contributed by atoms with Gasteiger partial charge in [-0.2, -0.15) is 0 Å². The zero-order valence-electron chi connectivity index (χ0n) is 13.4. The van der Waals surface area contributed by atoms with Gasteiger partial charge in [-0.1, -0.05) is 27.7 Å². The van der Waals surface area contributed by atoms with Crippen LogP contribution in [0, 0.1) is 0 Å². The van der Waals surface area contributed by atoms with E-state index in [0.717, 1.165) is 0 Å². The molecule has 0 unspecified atom stereocenters. The molecule has 0 radical (unpaired) electrons. The third-order valence-corrected chi connectivity index (χ3v) is 11.8. The van der Waals surface area contributed by atoms with Gasteiger partial charge in [0.2, 0.25) is 0 Å². The summed E-state index contributed by atoms with van der Waals surface area (Å²) >= 11 is 0. The lowest BCUT2D eigenvalue weighted by Gasteiger charge is -2.33. The highest BCUT2D eigenvalue weighted by Gasteiger charge is 2.37. The van der Waals surface area contributed by atoms with Crippen LogP contribution in [0.5, 0.6) is 0 Å². The molecule has 0 aliphatic rings. The van der Waals surface area contributed by atoms with Gasteiger partial charge in [-0.05, 0) is 42.4 Å². The van der Waals surface area contributed by atoms with Gasteiger partial charge >= 0.3 is 0 Å². The molecule has 0 spiro atoms. The second-order valence-corrected chi connectivity index (χ2v) is 13.7. The molecule has 0 amide bonds. The topological polar surface area (TPSA) is 67.5 Å². The molecule has 1 aromatic carbocycles. The maximum atomic E-state index is 13.3. The molecule has 0 saturated heterocycles. The van der Waals surface area contributed by atoms with Crippen LogP contribution in [-0.2, 0) is 9.92 Å². The van der Waals surface area contributed by atoms with Crippen LogP contribution >= 0.6 is 0 Å². The van der Waals surface area contributed by atoms with E-state index in [1.807, 2.05) is 6.92 Å². The average Bonchev–Trinajstić information content (AvgIpc) is 2.27. The SMILES string of the molecule is CCN[S@](=O)(=N[Si](C)(C)C(C)(C)C)c1ccc(N)cc1. The van der Waals surface area contributed by atoms with Crippen LogP contribution in [0.2, 0.25) is 18.1 Å². The van der Waals surface area contributed by atoms with Crippen LogP contribution in [-0.4, -0.2) is 19.0 Å². The number of hydrogen-bond donors (Lipinski definition) is 2. The third-order valence-electron chi connectivity index (χ3n) is 3.73. The van der Waals surface area contributed by atoms with Crippen LogP contribution in [0.4, 0.5) is 5.69 Å². The number of anilines is 1. The summed E-state index contributed by atoms with van der Waals surface area (Å²) in [5.41, 5.74) is 6.37. The molecule has 6 heteroatoms. The first-order valence-electron chi connectivity index (χ1n) is 6.90. The maximum absolute atomic E-state index is 13.3. The Morgan fingerprint density at radius 1 is 1.25 bits per heavy atom. The van der Waals surface area contributed by atoms with Crippen LogP contribution in [0.3, 0.4) is 0 Å². The van der Waals surface area contributed by atoms with Crippen molar-refractivity contribution in [3.63, 3.8) is 0 Å². The maximum Gasteiger partial charge on any atom is 0.195 e. The molecule has 0 aromatic heterocycles. The first-order valence-corrected chi connectivity index (χ1v) is 11.4. The Kier molecular flexibility index (Phi) is 5.05. The molecule has 0 bridgehead atoms. The summed E-state index contributed by atoms with van der Waals surface area (Å²) in [5.74, 6) is 0. The summed E-state index contributed by atoms with van der Waals surface area (Å²) < 4.78 is 21.2. The Balaban J connectivity index is 3.43. The predicted molar refractivity (Wildman–Crippen MR) is 90.6 cm³/mol. The number of nitrogens with two attached hydrogens (primary N) is 1. The minimum absolute atomic E-state index is 0.0545. The zero-order chi connectivity index (χ0) is 15.6. The molecule has 0 fully saturated rings. The summed E-state index contributed by atoms with van der Waals surface area (Å²) in [5, 5.41) is 0.0545. The fourth-order valence-electron chi connectivity index (χ4n) is 1.47. The number of nitrogens with zero attached hydrogens (tertiary/aromatic N) is 1. The Morgan fingerprint density at radius 2 is 1.75 bits per heavy atom. The summed E-state index contributed by atoms with van der Waals surface area (Å²) in [6, 6.07) is 7.15. The Bertz CT molecular complexity index is 567. The average molecular weight is 314 g/mol. The summed E-state index contributed by atoms with van der Waals surface area (Å²) in [7, 11) is -4.61. The summed E-state index contributed by atoms with van der Waals surface area (Å²) in [4.78, 5) is 0.707. The van der Waals surface area contributed by atoms with E-state index in [9.17, 15) is 4.21 Å². The van der Waals surface area contributed by atoms with E-state index in [4.69, 9.17) is 9.76 Å². The van der Waals surface area contributed by atoms with Crippen molar-refractivity contribution in [2.75, 3.05) is 12.3 Å². The number of hydrogen-bond acceptors (Lipinski definition) is 3. The Morgan fingerprint density at radius 3 is 2.15 bits per heavy atom. The van der Waals surface area contributed by atoms with Gasteiger partial charge in [0.05, 0.1) is 4.90 Å². The van der Waals surface area contributed by atoms with Gasteiger partial charge < -0.3 is 5.73 Å². The lowest BCUT2D eigenvalue weighted by Crippen LogP contribution is -2.38. The molecule has 1 aromatic rings. The van der Waals surface area contributed by atoms with E-state index < -0.39 is 18.2 Å². The fourth-order valence-corrected chi connectivity index (χ4v) is 6.88. The number of benzene rings is 1. The molecule has 3 N–H and O–H groups in total. The molecule has 20 heavy (non-hydrogen) atoms. The molecule has 114 valence electrons. The van der Waals surface area contributed by atoms with Gasteiger partial charge in [0.25, 0.3) is 0 Å². The number of nitrogens with one attached hydrogen (secondary N) is 1. The lowest BCUT2D eigenvalue weighted by atomic mass is 10.2. The van der Waals surface area contributed by atoms with Crippen molar-refractivity contribution in [1.82, 2.24) is 4.72 Å². The van der Waals surface area contributed by atoms with Crippen molar-refractivity contribution in [3.8, 4) is 0 Å². The van der Waals surface area contributed by atoms with Crippen molar-refractivity contribution in [2.45, 2.75) is 50.7 Å². The highest BCUT2D eigenvalue weighted by atomic mass is 32.2. The van der Waals surface area contributed by atoms with Crippen molar-refractivity contribution >= 4 is 23.8 Å². The van der Waals surface area contributed by atoms with Crippen molar-refractivity contribution in [1.29, 1.82) is 0 Å². The molecule has 1 atom stereocenters.